The van der Waals surface area contributed by atoms with Crippen LogP contribution in [0, 0.1) is 22.7 Å². The van der Waals surface area contributed by atoms with Crippen LogP contribution in [0.1, 0.15) is 24.2 Å². The van der Waals surface area contributed by atoms with Gasteiger partial charge in [-0.3, -0.25) is 4.99 Å². The summed E-state index contributed by atoms with van der Waals surface area (Å²) >= 11 is 0. The molecule has 1 aliphatic heterocycles. The summed E-state index contributed by atoms with van der Waals surface area (Å²) in [5.74, 6) is -0.487. The molecule has 0 spiro atoms. The molecular weight excluding hydrogens is 351 g/mol. The Morgan fingerprint density at radius 2 is 1.92 bits per heavy atom. The molecule has 10 heteroatoms. The molecule has 0 bridgehead atoms. The minimum Gasteiger partial charge on any atom is -0.406 e. The average Bonchev–Trinajstić information content (AvgIpc) is 3.10. The third kappa shape index (κ3) is 3.87. The molecule has 0 aliphatic carbocycles. The van der Waals surface area contributed by atoms with Crippen LogP contribution in [-0.4, -0.2) is 22.2 Å². The minimum absolute atomic E-state index is 0.0573. The first-order chi connectivity index (χ1) is 12.4. The number of rotatable bonds is 3. The second kappa shape index (κ2) is 6.69. The molecule has 0 saturated heterocycles. The lowest BCUT2D eigenvalue weighted by molar-refractivity contribution is -0.274. The van der Waals surface area contributed by atoms with Gasteiger partial charge in [-0.05, 0) is 31.0 Å². The van der Waals surface area contributed by atoms with Crippen molar-refractivity contribution in [2.75, 3.05) is 0 Å². The fourth-order valence-electron chi connectivity index (χ4n) is 2.23. The van der Waals surface area contributed by atoms with Gasteiger partial charge >= 0.3 is 6.36 Å². The normalized spacial score (nSPS) is 14.0. The minimum atomic E-state index is -4.90. The number of aromatic nitrogens is 2. The van der Waals surface area contributed by atoms with Crippen molar-refractivity contribution in [3.8, 4) is 29.3 Å². The van der Waals surface area contributed by atoms with E-state index in [4.69, 9.17) is 15.0 Å². The van der Waals surface area contributed by atoms with Gasteiger partial charge in [0.1, 0.15) is 5.75 Å². The SMILES string of the molecule is N#CC1=CN=C(c2noc(-c3cc(C#N)cc(OC(F)(F)F)c3)n2)CC1. The van der Waals surface area contributed by atoms with Crippen LogP contribution < -0.4 is 4.74 Å². The Kier molecular flexibility index (Phi) is 4.42. The van der Waals surface area contributed by atoms with Gasteiger partial charge in [-0.1, -0.05) is 5.16 Å². The van der Waals surface area contributed by atoms with Crippen LogP contribution >= 0.6 is 0 Å². The maximum atomic E-state index is 12.4. The zero-order valence-electron chi connectivity index (χ0n) is 12.9. The first-order valence-corrected chi connectivity index (χ1v) is 7.19. The van der Waals surface area contributed by atoms with Gasteiger partial charge in [0.05, 0.1) is 23.4 Å². The van der Waals surface area contributed by atoms with Gasteiger partial charge < -0.3 is 9.26 Å². The van der Waals surface area contributed by atoms with E-state index < -0.39 is 12.1 Å². The molecule has 1 aromatic carbocycles. The number of hydrogen-bond acceptors (Lipinski definition) is 7. The third-order valence-electron chi connectivity index (χ3n) is 3.35. The van der Waals surface area contributed by atoms with Crippen LogP contribution in [0.3, 0.4) is 0 Å². The predicted octanol–water partition coefficient (Wildman–Crippen LogP) is 3.50. The number of benzene rings is 1. The summed E-state index contributed by atoms with van der Waals surface area (Å²) in [5.41, 5.74) is 1.06. The number of nitrogens with zero attached hydrogens (tertiary/aromatic N) is 5. The Hall–Kier alpha value is -3.66. The van der Waals surface area contributed by atoms with Crippen molar-refractivity contribution < 1.29 is 22.4 Å². The van der Waals surface area contributed by atoms with Gasteiger partial charge in [0, 0.05) is 17.3 Å². The highest BCUT2D eigenvalue weighted by atomic mass is 19.4. The highest BCUT2D eigenvalue weighted by Crippen LogP contribution is 2.29. The van der Waals surface area contributed by atoms with Crippen molar-refractivity contribution in [3.05, 3.63) is 41.4 Å². The van der Waals surface area contributed by atoms with E-state index in [2.05, 4.69) is 19.9 Å². The first kappa shape index (κ1) is 17.2. The van der Waals surface area contributed by atoms with Gasteiger partial charge in [-0.2, -0.15) is 15.5 Å². The van der Waals surface area contributed by atoms with Crippen LogP contribution in [0.4, 0.5) is 13.2 Å². The smallest absolute Gasteiger partial charge is 0.406 e. The molecule has 0 radical (unpaired) electrons. The molecule has 0 unspecified atom stereocenters. The zero-order valence-corrected chi connectivity index (χ0v) is 12.9. The number of hydrogen-bond donors (Lipinski definition) is 0. The highest BCUT2D eigenvalue weighted by molar-refractivity contribution is 5.98. The second-order valence-electron chi connectivity index (χ2n) is 5.17. The highest BCUT2D eigenvalue weighted by Gasteiger charge is 2.31. The molecule has 2 heterocycles. The van der Waals surface area contributed by atoms with Crippen molar-refractivity contribution in [1.29, 1.82) is 10.5 Å². The fourth-order valence-corrected chi connectivity index (χ4v) is 2.23. The molecule has 7 nitrogen and oxygen atoms in total. The van der Waals surface area contributed by atoms with E-state index >= 15 is 0 Å². The van der Waals surface area contributed by atoms with Gasteiger partial charge in [0.2, 0.25) is 5.82 Å². The quantitative estimate of drug-likeness (QED) is 0.830. The summed E-state index contributed by atoms with van der Waals surface area (Å²) in [6.45, 7) is 0. The van der Waals surface area contributed by atoms with E-state index in [9.17, 15) is 13.2 Å². The standard InChI is InChI=1S/C16H8F3N5O2/c17-16(18,19)25-12-4-10(7-21)3-11(5-12)15-23-14(24-26-15)13-2-1-9(6-20)8-22-13/h3-5,8H,1-2H2. The first-order valence-electron chi connectivity index (χ1n) is 7.19. The summed E-state index contributed by atoms with van der Waals surface area (Å²) in [4.78, 5) is 8.18. The molecule has 3 rings (SSSR count). The van der Waals surface area contributed by atoms with Crippen LogP contribution in [0.2, 0.25) is 0 Å². The van der Waals surface area contributed by atoms with Crippen LogP contribution in [0.25, 0.3) is 11.5 Å². The molecule has 1 aromatic heterocycles. The Balaban J connectivity index is 1.93. The molecule has 0 atom stereocenters. The maximum absolute atomic E-state index is 12.4. The Morgan fingerprint density at radius 3 is 2.54 bits per heavy atom. The lowest BCUT2D eigenvalue weighted by Gasteiger charge is -2.09. The number of aliphatic imine (C=N–C) groups is 1. The molecule has 0 N–H and O–H groups in total. The Bertz CT molecular complexity index is 993. The monoisotopic (exact) mass is 359 g/mol. The van der Waals surface area contributed by atoms with E-state index in [-0.39, 0.29) is 22.8 Å². The fraction of sp³-hybridized carbons (Fsp3) is 0.188. The number of nitriles is 2. The van der Waals surface area contributed by atoms with Crippen molar-refractivity contribution in [2.45, 2.75) is 19.2 Å². The Morgan fingerprint density at radius 1 is 1.12 bits per heavy atom. The summed E-state index contributed by atoms with van der Waals surface area (Å²) < 4.78 is 46.2. The van der Waals surface area contributed by atoms with Gasteiger partial charge in [-0.15, -0.1) is 13.2 Å². The molecule has 0 amide bonds. The number of halogens is 3. The molecule has 26 heavy (non-hydrogen) atoms. The largest absolute Gasteiger partial charge is 0.573 e. The average molecular weight is 359 g/mol. The number of alkyl halides is 3. The molecule has 130 valence electrons. The maximum Gasteiger partial charge on any atom is 0.573 e. The number of ether oxygens (including phenoxy) is 1. The second-order valence-corrected chi connectivity index (χ2v) is 5.17. The molecule has 0 fully saturated rings. The van der Waals surface area contributed by atoms with Crippen molar-refractivity contribution in [3.63, 3.8) is 0 Å². The lowest BCUT2D eigenvalue weighted by Crippen LogP contribution is -2.17. The zero-order chi connectivity index (χ0) is 18.7. The van der Waals surface area contributed by atoms with Crippen LogP contribution in [0.15, 0.2) is 39.5 Å². The number of allylic oxidation sites excluding steroid dienone is 1. The molecule has 1 aliphatic rings. The van der Waals surface area contributed by atoms with E-state index in [1.54, 1.807) is 6.07 Å². The van der Waals surface area contributed by atoms with Crippen molar-refractivity contribution in [1.82, 2.24) is 10.1 Å². The van der Waals surface area contributed by atoms with E-state index in [0.717, 1.165) is 12.1 Å². The third-order valence-corrected chi connectivity index (χ3v) is 3.35. The summed E-state index contributed by atoms with van der Waals surface area (Å²) in [6, 6.07) is 7.04. The Labute approximate surface area is 144 Å². The summed E-state index contributed by atoms with van der Waals surface area (Å²) in [7, 11) is 0. The molecule has 2 aromatic rings. The molecule has 0 saturated carbocycles. The van der Waals surface area contributed by atoms with Gasteiger partial charge in [0.25, 0.3) is 5.89 Å². The van der Waals surface area contributed by atoms with Crippen LogP contribution in [-0.2, 0) is 0 Å². The predicted molar refractivity (Wildman–Crippen MR) is 80.6 cm³/mol. The van der Waals surface area contributed by atoms with E-state index in [0.29, 0.717) is 24.1 Å². The van der Waals surface area contributed by atoms with Crippen molar-refractivity contribution in [2.24, 2.45) is 4.99 Å². The van der Waals surface area contributed by atoms with E-state index in [1.165, 1.54) is 12.3 Å². The van der Waals surface area contributed by atoms with Gasteiger partial charge in [-0.25, -0.2) is 0 Å². The van der Waals surface area contributed by atoms with Crippen LogP contribution in [0.5, 0.6) is 5.75 Å². The summed E-state index contributed by atoms with van der Waals surface area (Å²) in [5, 5.41) is 21.5. The molecular formula is C16H8F3N5O2. The van der Waals surface area contributed by atoms with Crippen molar-refractivity contribution >= 4 is 5.71 Å². The summed E-state index contributed by atoms with van der Waals surface area (Å²) in [6.07, 6.45) is -2.58. The topological polar surface area (TPSA) is 108 Å². The van der Waals surface area contributed by atoms with Gasteiger partial charge in [0.15, 0.2) is 0 Å². The lowest BCUT2D eigenvalue weighted by atomic mass is 10.1. The van der Waals surface area contributed by atoms with E-state index in [1.807, 2.05) is 6.07 Å².